The second kappa shape index (κ2) is 7.51. The van der Waals surface area contributed by atoms with Crippen molar-refractivity contribution >= 4 is 39.7 Å². The summed E-state index contributed by atoms with van der Waals surface area (Å²) in [5, 5.41) is 0. The Morgan fingerprint density at radius 2 is 1.76 bits per heavy atom. The molecule has 92 valence electrons. The molecule has 1 aromatic carbocycles. The summed E-state index contributed by atoms with van der Waals surface area (Å²) >= 11 is 0. The zero-order valence-corrected chi connectivity index (χ0v) is 10.5. The van der Waals surface area contributed by atoms with E-state index in [1.54, 1.807) is 19.1 Å². The van der Waals surface area contributed by atoms with E-state index in [0.717, 1.165) is 5.56 Å². The quantitative estimate of drug-likeness (QED) is 0.592. The van der Waals surface area contributed by atoms with Crippen LogP contribution in [0, 0.1) is 6.92 Å². The predicted octanol–water partition coefficient (Wildman–Crippen LogP) is 1.09. The first-order valence-corrected chi connectivity index (χ1v) is 6.35. The van der Waals surface area contributed by atoms with Crippen LogP contribution >= 0.6 is 0 Å². The van der Waals surface area contributed by atoms with Gasteiger partial charge in [-0.2, -0.15) is 8.42 Å². The molecule has 0 aliphatic rings. The number of hydrogen-bond acceptors (Lipinski definition) is 4. The fraction of sp³-hybridized carbons (Fsp3) is 0.455. The van der Waals surface area contributed by atoms with Gasteiger partial charge in [-0.15, -0.1) is 0 Å². The first-order chi connectivity index (χ1) is 7.45. The van der Waals surface area contributed by atoms with Crippen LogP contribution in [0.25, 0.3) is 0 Å². The van der Waals surface area contributed by atoms with Gasteiger partial charge in [0.05, 0.1) is 17.6 Å². The van der Waals surface area contributed by atoms with Crippen molar-refractivity contribution in [2.24, 2.45) is 0 Å². The molecule has 0 bridgehead atoms. The number of methoxy groups -OCH3 is 1. The average molecular weight is 268 g/mol. The molecule has 17 heavy (non-hydrogen) atoms. The van der Waals surface area contributed by atoms with Gasteiger partial charge in [-0.25, -0.2) is 0 Å². The van der Waals surface area contributed by atoms with E-state index < -0.39 is 16.2 Å². The molecule has 0 radical (unpaired) electrons. The summed E-state index contributed by atoms with van der Waals surface area (Å²) in [4.78, 5) is 0.168. The molecule has 0 unspecified atom stereocenters. The first kappa shape index (κ1) is 17.1. The minimum absolute atomic E-state index is 0. The number of rotatable bonds is 5. The molecule has 0 aliphatic carbocycles. The normalized spacial score (nSPS) is 12.9. The molecule has 0 aliphatic heterocycles. The van der Waals surface area contributed by atoms with Crippen LogP contribution in [0.3, 0.4) is 0 Å². The zero-order chi connectivity index (χ0) is 12.2. The molecule has 0 N–H and O–H groups in total. The minimum atomic E-state index is -3.68. The third-order valence-electron chi connectivity index (χ3n) is 2.00. The Kier molecular flexibility index (Phi) is 7.55. The van der Waals surface area contributed by atoms with Gasteiger partial charge in [0.25, 0.3) is 10.1 Å². The zero-order valence-electron chi connectivity index (χ0n) is 9.64. The summed E-state index contributed by atoms with van der Waals surface area (Å²) in [5.74, 6) is 0. The number of hydrogen-bond donors (Lipinski definition) is 0. The van der Waals surface area contributed by atoms with Crippen molar-refractivity contribution < 1.29 is 17.3 Å². The molecule has 0 saturated carbocycles. The average Bonchev–Trinajstić information content (AvgIpc) is 2.17. The molecule has 0 spiro atoms. The molecule has 0 fully saturated rings. The van der Waals surface area contributed by atoms with Gasteiger partial charge in [-0.3, -0.25) is 4.18 Å². The van der Waals surface area contributed by atoms with E-state index in [4.69, 9.17) is 8.92 Å². The molecule has 4 nitrogen and oxygen atoms in total. The standard InChI is InChI=1S/C11H16O4S.Na.H/c1-9-4-6-11(7-5-9)16(12,13)15-10(2)8-14-3;;/h4-7,10H,8H2,1-3H3;;/t10-;;/m0../s1. The van der Waals surface area contributed by atoms with Crippen LogP contribution in [-0.4, -0.2) is 57.8 Å². The fourth-order valence-corrected chi connectivity index (χ4v) is 2.31. The summed E-state index contributed by atoms with van der Waals surface area (Å²) in [7, 11) is -2.18. The van der Waals surface area contributed by atoms with E-state index >= 15 is 0 Å². The molecule has 1 aromatic rings. The van der Waals surface area contributed by atoms with Crippen LogP contribution in [0.5, 0.6) is 0 Å². The van der Waals surface area contributed by atoms with E-state index in [2.05, 4.69) is 0 Å². The van der Waals surface area contributed by atoms with Crippen molar-refractivity contribution in [1.82, 2.24) is 0 Å². The number of aryl methyl sites for hydroxylation is 1. The Labute approximate surface area is 125 Å². The van der Waals surface area contributed by atoms with Gasteiger partial charge in [-0.1, -0.05) is 17.7 Å². The number of benzene rings is 1. The molecule has 0 heterocycles. The van der Waals surface area contributed by atoms with E-state index in [0.29, 0.717) is 0 Å². The molecule has 0 saturated heterocycles. The Morgan fingerprint density at radius 1 is 1.24 bits per heavy atom. The fourth-order valence-electron chi connectivity index (χ4n) is 1.24. The Hall–Kier alpha value is 0.0900. The molecule has 0 amide bonds. The van der Waals surface area contributed by atoms with Crippen LogP contribution in [0.2, 0.25) is 0 Å². The molecule has 1 rings (SSSR count). The van der Waals surface area contributed by atoms with Gasteiger partial charge < -0.3 is 4.74 Å². The number of ether oxygens (including phenoxy) is 1. The van der Waals surface area contributed by atoms with E-state index in [1.807, 2.05) is 6.92 Å². The summed E-state index contributed by atoms with van der Waals surface area (Å²) in [6, 6.07) is 6.53. The van der Waals surface area contributed by atoms with Crippen LogP contribution < -0.4 is 0 Å². The first-order valence-electron chi connectivity index (χ1n) is 4.94. The van der Waals surface area contributed by atoms with Crippen molar-refractivity contribution in [3.05, 3.63) is 29.8 Å². The maximum absolute atomic E-state index is 11.8. The van der Waals surface area contributed by atoms with Crippen molar-refractivity contribution in [2.75, 3.05) is 13.7 Å². The van der Waals surface area contributed by atoms with Gasteiger partial charge in [-0.05, 0) is 26.0 Å². The molecule has 1 atom stereocenters. The maximum atomic E-state index is 11.8. The van der Waals surface area contributed by atoms with Gasteiger partial charge >= 0.3 is 29.6 Å². The monoisotopic (exact) mass is 268 g/mol. The molecule has 0 aromatic heterocycles. The SMILES string of the molecule is COC[C@H](C)OS(=O)(=O)c1ccc(C)cc1.[NaH]. The van der Waals surface area contributed by atoms with Crippen molar-refractivity contribution in [2.45, 2.75) is 24.8 Å². The summed E-state index contributed by atoms with van der Waals surface area (Å²) < 4.78 is 33.3. The third kappa shape index (κ3) is 5.50. The molecular formula is C11H17NaO4S. The summed E-state index contributed by atoms with van der Waals surface area (Å²) in [6.07, 6.45) is -0.490. The van der Waals surface area contributed by atoms with Gasteiger partial charge in [0.2, 0.25) is 0 Å². The molecular weight excluding hydrogens is 251 g/mol. The van der Waals surface area contributed by atoms with Gasteiger partial charge in [0.15, 0.2) is 0 Å². The van der Waals surface area contributed by atoms with Crippen molar-refractivity contribution in [3.8, 4) is 0 Å². The van der Waals surface area contributed by atoms with E-state index in [-0.39, 0.29) is 41.1 Å². The van der Waals surface area contributed by atoms with Gasteiger partial charge in [0.1, 0.15) is 0 Å². The van der Waals surface area contributed by atoms with Crippen LogP contribution in [0.15, 0.2) is 29.2 Å². The Balaban J connectivity index is 0.00000256. The van der Waals surface area contributed by atoms with Gasteiger partial charge in [0, 0.05) is 7.11 Å². The topological polar surface area (TPSA) is 52.6 Å². The predicted molar refractivity (Wildman–Crippen MR) is 67.9 cm³/mol. The second-order valence-electron chi connectivity index (χ2n) is 3.63. The second-order valence-corrected chi connectivity index (χ2v) is 5.20. The van der Waals surface area contributed by atoms with Crippen molar-refractivity contribution in [3.63, 3.8) is 0 Å². The van der Waals surface area contributed by atoms with E-state index in [1.165, 1.54) is 19.2 Å². The summed E-state index contributed by atoms with van der Waals surface area (Å²) in [6.45, 7) is 3.78. The van der Waals surface area contributed by atoms with E-state index in [9.17, 15) is 8.42 Å². The van der Waals surface area contributed by atoms with Crippen LogP contribution in [0.4, 0.5) is 0 Å². The Morgan fingerprint density at radius 3 is 2.24 bits per heavy atom. The molecule has 6 heteroatoms. The van der Waals surface area contributed by atoms with Crippen LogP contribution in [-0.2, 0) is 19.0 Å². The third-order valence-corrected chi connectivity index (χ3v) is 3.43. The Bertz CT molecular complexity index is 427. The van der Waals surface area contributed by atoms with Crippen molar-refractivity contribution in [1.29, 1.82) is 0 Å². The van der Waals surface area contributed by atoms with Crippen LogP contribution in [0.1, 0.15) is 12.5 Å². The summed E-state index contributed by atoms with van der Waals surface area (Å²) in [5.41, 5.74) is 1.00.